The van der Waals surface area contributed by atoms with E-state index in [-0.39, 0.29) is 0 Å². The number of aliphatic hydroxyl groups excluding tert-OH is 1. The molecule has 0 aliphatic carbocycles. The van der Waals surface area contributed by atoms with Gasteiger partial charge in [0.2, 0.25) is 0 Å². The first kappa shape index (κ1) is 16.1. The fraction of sp³-hybridized carbons (Fsp3) is 0.545. The van der Waals surface area contributed by atoms with Gasteiger partial charge in [0.15, 0.2) is 30.0 Å². The minimum Gasteiger partial charge on any atom is -0.394 e. The van der Waals surface area contributed by atoms with Crippen molar-refractivity contribution < 1.29 is 28.2 Å². The summed E-state index contributed by atoms with van der Waals surface area (Å²) in [6.07, 6.45) is -2.82. The van der Waals surface area contributed by atoms with Gasteiger partial charge in [0.1, 0.15) is 17.9 Å². The second kappa shape index (κ2) is 6.38. The number of rotatable bonds is 5. The summed E-state index contributed by atoms with van der Waals surface area (Å²) in [5, 5.41) is 12.1. The summed E-state index contributed by atoms with van der Waals surface area (Å²) in [4.78, 5) is 21.0. The highest BCUT2D eigenvalue weighted by Gasteiger charge is 2.51. The maximum Gasteiger partial charge on any atom is 0.695 e. The van der Waals surface area contributed by atoms with Crippen molar-refractivity contribution in [2.45, 2.75) is 24.6 Å². The van der Waals surface area contributed by atoms with E-state index >= 15 is 0 Å². The van der Waals surface area contributed by atoms with Crippen LogP contribution in [0.4, 0.5) is 10.2 Å². The molecular weight excluding hydrogens is 332 g/mol. The molecule has 1 aliphatic rings. The molecule has 23 heavy (non-hydrogen) atoms. The number of aliphatic hydroxyl groups is 1. The second-order valence-corrected chi connectivity index (χ2v) is 5.48. The molecule has 0 saturated carbocycles. The number of anilines is 1. The Morgan fingerprint density at radius 2 is 2.30 bits per heavy atom. The van der Waals surface area contributed by atoms with E-state index in [2.05, 4.69) is 24.8 Å². The molecule has 0 spiro atoms. The number of nitrogens with zero attached hydrogens (tertiary/aromatic N) is 4. The number of hydrogen-bond donors (Lipinski definition) is 3. The lowest BCUT2D eigenvalue weighted by molar-refractivity contribution is -0.0436. The SMILES string of the molecule is CNc1ncnc2c1ncn2[C@@H]1OC(CO)C(O[P+](=O)O)C1F. The van der Waals surface area contributed by atoms with E-state index < -0.39 is 39.5 Å². The lowest BCUT2D eigenvalue weighted by Crippen LogP contribution is -2.32. The van der Waals surface area contributed by atoms with Crippen molar-refractivity contribution in [3.8, 4) is 0 Å². The minimum atomic E-state index is -3.03. The first-order valence-electron chi connectivity index (χ1n) is 6.65. The summed E-state index contributed by atoms with van der Waals surface area (Å²) in [6.45, 7) is -0.561. The van der Waals surface area contributed by atoms with Gasteiger partial charge in [0.25, 0.3) is 0 Å². The third kappa shape index (κ3) is 2.77. The Morgan fingerprint density at radius 1 is 1.52 bits per heavy atom. The maximum atomic E-state index is 14.6. The Labute approximate surface area is 130 Å². The van der Waals surface area contributed by atoms with Crippen LogP contribution in [0.25, 0.3) is 11.2 Å². The smallest absolute Gasteiger partial charge is 0.394 e. The Hall–Kier alpha value is -1.78. The van der Waals surface area contributed by atoms with Crippen molar-refractivity contribution >= 4 is 25.2 Å². The van der Waals surface area contributed by atoms with Gasteiger partial charge in [-0.3, -0.25) is 4.57 Å². The molecule has 1 saturated heterocycles. The molecule has 0 amide bonds. The molecule has 0 bridgehead atoms. The van der Waals surface area contributed by atoms with Crippen LogP contribution in [0.15, 0.2) is 12.7 Å². The molecule has 3 heterocycles. The molecule has 12 heteroatoms. The van der Waals surface area contributed by atoms with Gasteiger partial charge in [-0.1, -0.05) is 0 Å². The van der Waals surface area contributed by atoms with Gasteiger partial charge in [0.05, 0.1) is 12.9 Å². The van der Waals surface area contributed by atoms with E-state index in [0.717, 1.165) is 0 Å². The molecule has 1 fully saturated rings. The number of halogens is 1. The van der Waals surface area contributed by atoms with Crippen molar-refractivity contribution in [1.29, 1.82) is 0 Å². The van der Waals surface area contributed by atoms with E-state index in [1.165, 1.54) is 17.2 Å². The molecule has 10 nitrogen and oxygen atoms in total. The maximum absolute atomic E-state index is 14.6. The Balaban J connectivity index is 1.97. The van der Waals surface area contributed by atoms with Crippen LogP contribution in [-0.4, -0.2) is 61.6 Å². The number of hydrogen-bond acceptors (Lipinski definition) is 8. The summed E-state index contributed by atoms with van der Waals surface area (Å²) in [7, 11) is -1.37. The fourth-order valence-corrected chi connectivity index (χ4v) is 2.98. The van der Waals surface area contributed by atoms with E-state index in [0.29, 0.717) is 17.0 Å². The van der Waals surface area contributed by atoms with E-state index in [1.807, 2.05) is 0 Å². The van der Waals surface area contributed by atoms with E-state index in [9.17, 15) is 14.1 Å². The highest BCUT2D eigenvalue weighted by molar-refractivity contribution is 7.32. The van der Waals surface area contributed by atoms with Crippen LogP contribution in [0.2, 0.25) is 0 Å². The Kier molecular flexibility index (Phi) is 4.46. The third-order valence-electron chi connectivity index (χ3n) is 3.53. The molecule has 4 unspecified atom stereocenters. The van der Waals surface area contributed by atoms with Crippen molar-refractivity contribution in [1.82, 2.24) is 19.5 Å². The van der Waals surface area contributed by atoms with Crippen molar-refractivity contribution in [2.24, 2.45) is 0 Å². The lowest BCUT2D eigenvalue weighted by Gasteiger charge is -2.14. The quantitative estimate of drug-likeness (QED) is 0.646. The number of ether oxygens (including phenoxy) is 1. The highest BCUT2D eigenvalue weighted by Crippen LogP contribution is 2.38. The normalized spacial score (nSPS) is 28.3. The van der Waals surface area contributed by atoms with Crippen molar-refractivity contribution in [3.63, 3.8) is 0 Å². The molecule has 1 aliphatic heterocycles. The third-order valence-corrected chi connectivity index (χ3v) is 3.95. The molecule has 2 aromatic rings. The zero-order chi connectivity index (χ0) is 16.6. The van der Waals surface area contributed by atoms with Gasteiger partial charge < -0.3 is 15.2 Å². The Bertz CT molecular complexity index is 730. The van der Waals surface area contributed by atoms with Gasteiger partial charge in [-0.25, -0.2) is 19.3 Å². The van der Waals surface area contributed by atoms with Crippen LogP contribution in [-0.2, 0) is 13.8 Å². The summed E-state index contributed by atoms with van der Waals surface area (Å²) < 4.78 is 36.8. The number of aromatic nitrogens is 4. The first-order valence-corrected chi connectivity index (χ1v) is 7.78. The van der Waals surface area contributed by atoms with Crippen LogP contribution in [0, 0.1) is 0 Å². The van der Waals surface area contributed by atoms with Crippen molar-refractivity contribution in [3.05, 3.63) is 12.7 Å². The molecule has 0 radical (unpaired) electrons. The van der Waals surface area contributed by atoms with E-state index in [1.54, 1.807) is 7.05 Å². The zero-order valence-corrected chi connectivity index (χ0v) is 12.8. The Morgan fingerprint density at radius 3 is 2.96 bits per heavy atom. The predicted molar refractivity (Wildman–Crippen MR) is 75.5 cm³/mol. The van der Waals surface area contributed by atoms with Gasteiger partial charge in [0, 0.05) is 11.6 Å². The highest BCUT2D eigenvalue weighted by atomic mass is 31.1. The fourth-order valence-electron chi connectivity index (χ4n) is 2.52. The standard InChI is InChI=1S/C11H13FN5O5P/c1-13-9-7-10(15-3-14-9)17(4-16-7)11-6(12)8(22-23(19)20)5(2-18)21-11/h3-6,8,11,18H,2H2,1H3,(H-,13,14,15,19,20)/p+1/t5?,6?,8?,11-/m1/s1. The van der Waals surface area contributed by atoms with Gasteiger partial charge >= 0.3 is 8.25 Å². The number of fused-ring (bicyclic) bond motifs is 1. The average Bonchev–Trinajstić information content (AvgIpc) is 3.09. The molecule has 3 rings (SSSR count). The second-order valence-electron chi connectivity index (χ2n) is 4.80. The monoisotopic (exact) mass is 346 g/mol. The van der Waals surface area contributed by atoms with Crippen LogP contribution < -0.4 is 5.32 Å². The molecular formula is C11H14FN5O5P+. The molecule has 2 aromatic heterocycles. The summed E-state index contributed by atoms with van der Waals surface area (Å²) >= 11 is 0. The van der Waals surface area contributed by atoms with Crippen LogP contribution in [0.1, 0.15) is 6.23 Å². The summed E-state index contributed by atoms with van der Waals surface area (Å²) in [5.74, 6) is 0.465. The summed E-state index contributed by atoms with van der Waals surface area (Å²) in [5.41, 5.74) is 0.742. The minimum absolute atomic E-state index is 0.322. The largest absolute Gasteiger partial charge is 0.695 e. The lowest BCUT2D eigenvalue weighted by atomic mass is 10.1. The zero-order valence-electron chi connectivity index (χ0n) is 11.9. The van der Waals surface area contributed by atoms with Crippen LogP contribution >= 0.6 is 8.25 Å². The van der Waals surface area contributed by atoms with Gasteiger partial charge in [-0.2, -0.15) is 0 Å². The molecule has 0 aromatic carbocycles. The van der Waals surface area contributed by atoms with E-state index in [4.69, 9.17) is 9.63 Å². The predicted octanol–water partition coefficient (Wildman–Crippen LogP) is 0.131. The molecule has 5 atom stereocenters. The number of alkyl halides is 1. The van der Waals surface area contributed by atoms with Crippen molar-refractivity contribution in [2.75, 3.05) is 19.0 Å². The first-order chi connectivity index (χ1) is 11.1. The average molecular weight is 346 g/mol. The van der Waals surface area contributed by atoms with Crippen LogP contribution in [0.3, 0.4) is 0 Å². The van der Waals surface area contributed by atoms with Crippen LogP contribution in [0.5, 0.6) is 0 Å². The molecule has 3 N–H and O–H groups in total. The molecule has 124 valence electrons. The number of imidazole rings is 1. The van der Waals surface area contributed by atoms with Gasteiger partial charge in [-0.05, 0) is 0 Å². The topological polar surface area (TPSA) is 132 Å². The number of nitrogens with one attached hydrogen (secondary N) is 1. The van der Waals surface area contributed by atoms with Gasteiger partial charge in [-0.15, -0.1) is 9.42 Å². The summed E-state index contributed by atoms with van der Waals surface area (Å²) in [6, 6.07) is 0.